The van der Waals surface area contributed by atoms with Crippen molar-refractivity contribution in [1.29, 1.82) is 5.26 Å². The number of fused-ring (bicyclic) bond motifs is 1. The summed E-state index contributed by atoms with van der Waals surface area (Å²) in [5, 5.41) is 23.3. The Morgan fingerprint density at radius 2 is 1.86 bits per heavy atom. The first-order valence-corrected chi connectivity index (χ1v) is 11.7. The van der Waals surface area contributed by atoms with Gasteiger partial charge in [0.2, 0.25) is 11.7 Å². The maximum atomic E-state index is 12.6. The number of nitriles is 1. The Labute approximate surface area is 204 Å². The molecule has 1 aliphatic heterocycles. The summed E-state index contributed by atoms with van der Waals surface area (Å²) in [4.78, 5) is 18.8. The molecule has 1 amide bonds. The lowest BCUT2D eigenvalue weighted by Crippen LogP contribution is -2.49. The highest BCUT2D eigenvalue weighted by Crippen LogP contribution is 2.29. The molecule has 9 heteroatoms. The van der Waals surface area contributed by atoms with Crippen LogP contribution < -0.4 is 10.5 Å². The zero-order valence-electron chi connectivity index (χ0n) is 20.1. The molecule has 9 nitrogen and oxygen atoms in total. The van der Waals surface area contributed by atoms with E-state index in [2.05, 4.69) is 16.2 Å². The number of hydrogen-bond acceptors (Lipinski definition) is 8. The predicted molar refractivity (Wildman–Crippen MR) is 129 cm³/mol. The molecule has 2 aromatic carbocycles. The highest BCUT2D eigenvalue weighted by Gasteiger charge is 2.26. The Kier molecular flexibility index (Phi) is 7.15. The van der Waals surface area contributed by atoms with Gasteiger partial charge in [-0.1, -0.05) is 17.3 Å². The first kappa shape index (κ1) is 24.4. The van der Waals surface area contributed by atoms with Crippen LogP contribution in [0.1, 0.15) is 37.5 Å². The Bertz CT molecular complexity index is 1260. The molecule has 2 atom stereocenters. The van der Waals surface area contributed by atoms with E-state index in [1.807, 2.05) is 32.0 Å². The minimum atomic E-state index is -0.919. The van der Waals surface area contributed by atoms with Crippen molar-refractivity contribution < 1.29 is 19.2 Å². The highest BCUT2D eigenvalue weighted by molar-refractivity contribution is 5.82. The summed E-state index contributed by atoms with van der Waals surface area (Å²) < 4.78 is 11.2. The Balaban J connectivity index is 1.53. The highest BCUT2D eigenvalue weighted by atomic mass is 16.5. The van der Waals surface area contributed by atoms with Crippen LogP contribution in [0.25, 0.3) is 22.8 Å². The molecule has 1 aromatic heterocycles. The second kappa shape index (κ2) is 10.3. The van der Waals surface area contributed by atoms with Crippen LogP contribution in [0.3, 0.4) is 0 Å². The van der Waals surface area contributed by atoms with Crippen molar-refractivity contribution in [3.8, 4) is 34.7 Å². The molecule has 3 aromatic rings. The molecule has 182 valence electrons. The van der Waals surface area contributed by atoms with Crippen molar-refractivity contribution in [2.24, 2.45) is 5.73 Å². The molecule has 2 heterocycles. The first-order chi connectivity index (χ1) is 16.8. The lowest BCUT2D eigenvalue weighted by atomic mass is 10.00. The smallest absolute Gasteiger partial charge is 0.258 e. The Morgan fingerprint density at radius 3 is 2.54 bits per heavy atom. The first-order valence-electron chi connectivity index (χ1n) is 11.7. The molecule has 4 rings (SSSR count). The van der Waals surface area contributed by atoms with Crippen LogP contribution >= 0.6 is 0 Å². The van der Waals surface area contributed by atoms with E-state index in [4.69, 9.17) is 15.0 Å². The van der Waals surface area contributed by atoms with Gasteiger partial charge in [0.05, 0.1) is 17.8 Å². The number of aromatic nitrogens is 2. The van der Waals surface area contributed by atoms with E-state index in [0.29, 0.717) is 54.5 Å². The number of amides is 1. The fourth-order valence-electron chi connectivity index (χ4n) is 4.07. The average Bonchev–Trinajstić information content (AvgIpc) is 3.24. The molecule has 0 radical (unpaired) electrons. The molecule has 0 fully saturated rings. The number of carbonyl (C=O) groups is 1. The average molecular weight is 476 g/mol. The van der Waals surface area contributed by atoms with E-state index >= 15 is 0 Å². The monoisotopic (exact) mass is 475 g/mol. The van der Waals surface area contributed by atoms with E-state index in [0.717, 1.165) is 16.7 Å². The molecule has 35 heavy (non-hydrogen) atoms. The number of aliphatic hydroxyl groups is 1. The van der Waals surface area contributed by atoms with Crippen molar-refractivity contribution in [2.45, 2.75) is 51.9 Å². The van der Waals surface area contributed by atoms with Gasteiger partial charge in [-0.3, -0.25) is 4.79 Å². The lowest BCUT2D eigenvalue weighted by molar-refractivity contribution is -0.134. The van der Waals surface area contributed by atoms with E-state index in [-0.39, 0.29) is 12.0 Å². The molecular weight excluding hydrogens is 446 g/mol. The van der Waals surface area contributed by atoms with Crippen molar-refractivity contribution in [3.63, 3.8) is 0 Å². The second-order valence-corrected chi connectivity index (χ2v) is 8.99. The summed E-state index contributed by atoms with van der Waals surface area (Å²) in [5.74, 6) is 1.03. The molecule has 0 bridgehead atoms. The molecule has 0 saturated heterocycles. The topological polar surface area (TPSA) is 138 Å². The molecule has 0 aliphatic carbocycles. The maximum absolute atomic E-state index is 12.6. The number of aliphatic hydroxyl groups excluding tert-OH is 1. The molecule has 0 saturated carbocycles. The van der Waals surface area contributed by atoms with Gasteiger partial charge in [-0.2, -0.15) is 10.2 Å². The third-order valence-corrected chi connectivity index (χ3v) is 6.02. The van der Waals surface area contributed by atoms with Crippen LogP contribution in [-0.4, -0.2) is 57.4 Å². The van der Waals surface area contributed by atoms with E-state index < -0.39 is 12.1 Å². The minimum absolute atomic E-state index is 0.0451. The van der Waals surface area contributed by atoms with E-state index in [1.165, 1.54) is 6.92 Å². The number of hydrogen-bond donors (Lipinski definition) is 2. The third-order valence-electron chi connectivity index (χ3n) is 6.02. The number of carbonyl (C=O) groups excluding carboxylic acids is 1. The number of ether oxygens (including phenoxy) is 1. The lowest BCUT2D eigenvalue weighted by Gasteiger charge is -2.25. The summed E-state index contributed by atoms with van der Waals surface area (Å²) in [6.45, 7) is 6.40. The van der Waals surface area contributed by atoms with E-state index in [1.54, 1.807) is 23.1 Å². The van der Waals surface area contributed by atoms with Gasteiger partial charge in [0.15, 0.2) is 0 Å². The van der Waals surface area contributed by atoms with Crippen molar-refractivity contribution in [1.82, 2.24) is 15.0 Å². The SMILES string of the molecule is CC(C)Oc1ccc(-c2nc(-c3ccc4c(c3)CCN(C(=O)[C@@H](N)C(C)O)CC4)no2)cc1C#N. The van der Waals surface area contributed by atoms with Gasteiger partial charge in [-0.15, -0.1) is 0 Å². The van der Waals surface area contributed by atoms with Gasteiger partial charge in [-0.25, -0.2) is 0 Å². The van der Waals surface area contributed by atoms with Crippen LogP contribution in [0.5, 0.6) is 5.75 Å². The number of nitrogens with two attached hydrogens (primary N) is 1. The van der Waals surface area contributed by atoms with Gasteiger partial charge in [0, 0.05) is 24.2 Å². The molecule has 1 aliphatic rings. The fourth-order valence-corrected chi connectivity index (χ4v) is 4.07. The normalized spacial score (nSPS) is 15.2. The predicted octanol–water partition coefficient (Wildman–Crippen LogP) is 2.70. The van der Waals surface area contributed by atoms with Crippen LogP contribution in [-0.2, 0) is 17.6 Å². The molecule has 3 N–H and O–H groups in total. The molecule has 0 spiro atoms. The molecular formula is C26H29N5O4. The van der Waals surface area contributed by atoms with Gasteiger partial charge >= 0.3 is 0 Å². The summed E-state index contributed by atoms with van der Waals surface area (Å²) >= 11 is 0. The Morgan fingerprint density at radius 1 is 1.14 bits per heavy atom. The largest absolute Gasteiger partial charge is 0.490 e. The summed E-state index contributed by atoms with van der Waals surface area (Å²) in [6.07, 6.45) is 0.425. The zero-order valence-corrected chi connectivity index (χ0v) is 20.1. The van der Waals surface area contributed by atoms with Gasteiger partial charge < -0.3 is 25.0 Å². The van der Waals surface area contributed by atoms with E-state index in [9.17, 15) is 15.2 Å². The number of nitrogens with zero attached hydrogens (tertiary/aromatic N) is 4. The summed E-state index contributed by atoms with van der Waals surface area (Å²) in [7, 11) is 0. The quantitative estimate of drug-likeness (QED) is 0.555. The minimum Gasteiger partial charge on any atom is -0.490 e. The maximum Gasteiger partial charge on any atom is 0.258 e. The number of benzene rings is 2. The van der Waals surface area contributed by atoms with Crippen molar-refractivity contribution in [3.05, 3.63) is 53.1 Å². The van der Waals surface area contributed by atoms with Gasteiger partial charge in [0.1, 0.15) is 17.9 Å². The summed E-state index contributed by atoms with van der Waals surface area (Å²) in [5.41, 5.74) is 9.95. The molecule has 1 unspecified atom stereocenters. The van der Waals surface area contributed by atoms with Crippen molar-refractivity contribution in [2.75, 3.05) is 13.1 Å². The van der Waals surface area contributed by atoms with Crippen LogP contribution in [0, 0.1) is 11.3 Å². The zero-order chi connectivity index (χ0) is 25.1. The summed E-state index contributed by atoms with van der Waals surface area (Å²) in [6, 6.07) is 12.4. The Hall–Kier alpha value is -3.74. The van der Waals surface area contributed by atoms with Crippen LogP contribution in [0.4, 0.5) is 0 Å². The standard InChI is InChI=1S/C26H29N5O4/c1-15(2)34-22-7-6-20(13-21(22)14-27)25-29-24(30-35-25)19-5-4-17-8-10-31(11-9-18(17)12-19)26(33)23(28)16(3)32/h4-7,12-13,15-16,23,32H,8-11,28H2,1-3H3/t16?,23-/m0/s1. The second-order valence-electron chi connectivity index (χ2n) is 8.99. The van der Waals surface area contributed by atoms with Gasteiger partial charge in [-0.05, 0) is 69.0 Å². The number of rotatable bonds is 6. The van der Waals surface area contributed by atoms with Crippen LogP contribution in [0.15, 0.2) is 40.9 Å². The van der Waals surface area contributed by atoms with Gasteiger partial charge in [0.25, 0.3) is 5.89 Å². The van der Waals surface area contributed by atoms with Crippen molar-refractivity contribution >= 4 is 5.91 Å². The van der Waals surface area contributed by atoms with Crippen LogP contribution in [0.2, 0.25) is 0 Å². The fraction of sp³-hybridized carbons (Fsp3) is 0.385. The third kappa shape index (κ3) is 5.34.